The van der Waals surface area contributed by atoms with Gasteiger partial charge >= 0.3 is 0 Å². The second-order valence-electron chi connectivity index (χ2n) is 8.51. The number of hydrogen-bond donors (Lipinski definition) is 2. The smallest absolute Gasteiger partial charge is 0.253 e. The highest BCUT2D eigenvalue weighted by Gasteiger charge is 2.22. The summed E-state index contributed by atoms with van der Waals surface area (Å²) in [7, 11) is 0. The zero-order chi connectivity index (χ0) is 22.5. The van der Waals surface area contributed by atoms with E-state index in [1.54, 1.807) is 6.07 Å². The highest BCUT2D eigenvalue weighted by atomic mass is 16.2. The van der Waals surface area contributed by atoms with Crippen LogP contribution in [-0.2, 0) is 24.2 Å². The molecule has 0 atom stereocenters. The molecule has 0 aromatic heterocycles. The number of carbonyl (C=O) groups is 2. The van der Waals surface area contributed by atoms with E-state index in [0.717, 1.165) is 30.8 Å². The highest BCUT2D eigenvalue weighted by Crippen LogP contribution is 2.29. The lowest BCUT2D eigenvalue weighted by molar-refractivity contribution is -0.115. The summed E-state index contributed by atoms with van der Waals surface area (Å²) in [6.45, 7) is 5.50. The van der Waals surface area contributed by atoms with Crippen molar-refractivity contribution in [2.75, 3.05) is 16.8 Å². The van der Waals surface area contributed by atoms with E-state index in [-0.39, 0.29) is 17.9 Å². The second-order valence-corrected chi connectivity index (χ2v) is 8.51. The lowest BCUT2D eigenvalue weighted by Gasteiger charge is -2.32. The number of rotatable bonds is 6. The van der Waals surface area contributed by atoms with Gasteiger partial charge in [-0.05, 0) is 55.2 Å². The third-order valence-electron chi connectivity index (χ3n) is 5.62. The van der Waals surface area contributed by atoms with Crippen LogP contribution in [0.1, 0.15) is 40.9 Å². The van der Waals surface area contributed by atoms with Gasteiger partial charge in [0, 0.05) is 30.5 Å². The lowest BCUT2D eigenvalue weighted by atomic mass is 9.98. The van der Waals surface area contributed by atoms with Crippen LogP contribution < -0.4 is 15.5 Å². The largest absolute Gasteiger partial charge is 0.366 e. The van der Waals surface area contributed by atoms with E-state index in [4.69, 9.17) is 0 Å². The molecule has 0 fully saturated rings. The Morgan fingerprint density at radius 3 is 2.41 bits per heavy atom. The topological polar surface area (TPSA) is 61.4 Å². The minimum absolute atomic E-state index is 0.0220. The lowest BCUT2D eigenvalue weighted by Crippen LogP contribution is -2.35. The number of hydrogen-bond acceptors (Lipinski definition) is 3. The van der Waals surface area contributed by atoms with Crippen molar-refractivity contribution in [3.63, 3.8) is 0 Å². The van der Waals surface area contributed by atoms with Crippen LogP contribution in [0.5, 0.6) is 0 Å². The van der Waals surface area contributed by atoms with Gasteiger partial charge in [-0.2, -0.15) is 0 Å². The fraction of sp³-hybridized carbons (Fsp3) is 0.259. The maximum atomic E-state index is 13.0. The third-order valence-corrected chi connectivity index (χ3v) is 5.62. The van der Waals surface area contributed by atoms with Crippen LogP contribution in [0.4, 0.5) is 11.4 Å². The molecule has 0 spiro atoms. The summed E-state index contributed by atoms with van der Waals surface area (Å²) in [5, 5.41) is 5.95. The number of carbonyl (C=O) groups excluding carboxylic acids is 2. The molecule has 1 heterocycles. The zero-order valence-corrected chi connectivity index (χ0v) is 18.6. The Bertz CT molecular complexity index is 1110. The summed E-state index contributed by atoms with van der Waals surface area (Å²) in [5.74, 6) is -0.237. The minimum atomic E-state index is -0.131. The monoisotopic (exact) mass is 427 g/mol. The molecule has 0 saturated carbocycles. The normalized spacial score (nSPS) is 12.9. The standard InChI is InChI=1S/C27H29N3O2/c1-19(2)28-27(32)24-17-23(29-26(31)16-20-8-4-3-5-9-20)12-13-25(24)30-15-14-21-10-6-7-11-22(21)18-30/h3-13,17,19H,14-16,18H2,1-2H3,(H,28,32)(H,29,31). The molecule has 4 rings (SSSR count). The van der Waals surface area contributed by atoms with Crippen molar-refractivity contribution in [2.45, 2.75) is 39.3 Å². The summed E-state index contributed by atoms with van der Waals surface area (Å²) in [5.41, 5.74) is 5.69. The average molecular weight is 428 g/mol. The van der Waals surface area contributed by atoms with E-state index >= 15 is 0 Å². The molecule has 0 saturated heterocycles. The first-order valence-electron chi connectivity index (χ1n) is 11.1. The van der Waals surface area contributed by atoms with E-state index in [1.807, 2.05) is 56.3 Å². The van der Waals surface area contributed by atoms with Crippen molar-refractivity contribution in [3.05, 3.63) is 95.1 Å². The van der Waals surface area contributed by atoms with Crippen LogP contribution in [0, 0.1) is 0 Å². The van der Waals surface area contributed by atoms with Gasteiger partial charge in [-0.3, -0.25) is 9.59 Å². The molecule has 5 nitrogen and oxygen atoms in total. The van der Waals surface area contributed by atoms with Gasteiger partial charge in [-0.15, -0.1) is 0 Å². The predicted octanol–water partition coefficient (Wildman–Crippen LogP) is 4.57. The number of fused-ring (bicyclic) bond motifs is 1. The van der Waals surface area contributed by atoms with Gasteiger partial charge in [-0.1, -0.05) is 54.6 Å². The van der Waals surface area contributed by atoms with Crippen LogP contribution in [0.3, 0.4) is 0 Å². The van der Waals surface area contributed by atoms with Gasteiger partial charge in [0.1, 0.15) is 0 Å². The molecule has 2 N–H and O–H groups in total. The Morgan fingerprint density at radius 2 is 1.66 bits per heavy atom. The van der Waals surface area contributed by atoms with Crippen molar-refractivity contribution >= 4 is 23.2 Å². The van der Waals surface area contributed by atoms with E-state index < -0.39 is 0 Å². The molecule has 0 unspecified atom stereocenters. The van der Waals surface area contributed by atoms with E-state index in [2.05, 4.69) is 39.8 Å². The van der Waals surface area contributed by atoms with Crippen molar-refractivity contribution < 1.29 is 9.59 Å². The Morgan fingerprint density at radius 1 is 0.938 bits per heavy atom. The van der Waals surface area contributed by atoms with Gasteiger partial charge in [0.25, 0.3) is 5.91 Å². The molecular weight excluding hydrogens is 398 g/mol. The Labute approximate surface area is 189 Å². The summed E-state index contributed by atoms with van der Waals surface area (Å²) >= 11 is 0. The molecule has 3 aromatic carbocycles. The zero-order valence-electron chi connectivity index (χ0n) is 18.6. The SMILES string of the molecule is CC(C)NC(=O)c1cc(NC(=O)Cc2ccccc2)ccc1N1CCc2ccccc2C1. The van der Waals surface area contributed by atoms with Crippen molar-refractivity contribution in [1.82, 2.24) is 5.32 Å². The fourth-order valence-electron chi connectivity index (χ4n) is 4.10. The number of amides is 2. The Kier molecular flexibility index (Phi) is 6.55. The molecule has 0 aliphatic carbocycles. The molecule has 1 aliphatic heterocycles. The molecule has 32 heavy (non-hydrogen) atoms. The van der Waals surface area contributed by atoms with Crippen LogP contribution >= 0.6 is 0 Å². The number of nitrogens with zero attached hydrogens (tertiary/aromatic N) is 1. The maximum Gasteiger partial charge on any atom is 0.253 e. The second kappa shape index (κ2) is 9.69. The Balaban J connectivity index is 1.58. The molecule has 3 aromatic rings. The molecular formula is C27H29N3O2. The van der Waals surface area contributed by atoms with Gasteiger partial charge < -0.3 is 15.5 Å². The van der Waals surface area contributed by atoms with Gasteiger partial charge in [-0.25, -0.2) is 0 Å². The van der Waals surface area contributed by atoms with E-state index in [1.165, 1.54) is 11.1 Å². The summed E-state index contributed by atoms with van der Waals surface area (Å²) in [4.78, 5) is 27.8. The van der Waals surface area contributed by atoms with E-state index in [9.17, 15) is 9.59 Å². The first-order chi connectivity index (χ1) is 15.5. The van der Waals surface area contributed by atoms with Gasteiger partial charge in [0.05, 0.1) is 12.0 Å². The van der Waals surface area contributed by atoms with Crippen molar-refractivity contribution in [2.24, 2.45) is 0 Å². The quantitative estimate of drug-likeness (QED) is 0.606. The van der Waals surface area contributed by atoms with Gasteiger partial charge in [0.15, 0.2) is 0 Å². The van der Waals surface area contributed by atoms with Crippen LogP contribution in [0.25, 0.3) is 0 Å². The third kappa shape index (κ3) is 5.17. The molecule has 2 amide bonds. The van der Waals surface area contributed by atoms with E-state index in [0.29, 0.717) is 17.7 Å². The predicted molar refractivity (Wildman–Crippen MR) is 129 cm³/mol. The molecule has 0 bridgehead atoms. The molecule has 5 heteroatoms. The van der Waals surface area contributed by atoms with Crippen molar-refractivity contribution in [1.29, 1.82) is 0 Å². The fourth-order valence-corrected chi connectivity index (χ4v) is 4.10. The first kappa shape index (κ1) is 21.6. The minimum Gasteiger partial charge on any atom is -0.366 e. The number of anilines is 2. The van der Waals surface area contributed by atoms with Crippen LogP contribution in [-0.4, -0.2) is 24.4 Å². The van der Waals surface area contributed by atoms with Crippen molar-refractivity contribution in [3.8, 4) is 0 Å². The average Bonchev–Trinajstić information content (AvgIpc) is 2.79. The molecule has 164 valence electrons. The maximum absolute atomic E-state index is 13.0. The molecule has 1 aliphatic rings. The van der Waals surface area contributed by atoms with Crippen LogP contribution in [0.2, 0.25) is 0 Å². The first-order valence-corrected chi connectivity index (χ1v) is 11.1. The molecule has 0 radical (unpaired) electrons. The summed E-state index contributed by atoms with van der Waals surface area (Å²) in [6.07, 6.45) is 1.23. The van der Waals surface area contributed by atoms with Gasteiger partial charge in [0.2, 0.25) is 5.91 Å². The summed E-state index contributed by atoms with van der Waals surface area (Å²) < 4.78 is 0. The van der Waals surface area contributed by atoms with Crippen LogP contribution in [0.15, 0.2) is 72.8 Å². The number of nitrogens with one attached hydrogen (secondary N) is 2. The Hall–Kier alpha value is -3.60. The summed E-state index contributed by atoms with van der Waals surface area (Å²) in [6, 6.07) is 23.7. The highest BCUT2D eigenvalue weighted by molar-refractivity contribution is 6.02. The number of benzene rings is 3.